The zero-order chi connectivity index (χ0) is 17.5. The van der Waals surface area contributed by atoms with Crippen LogP contribution in [0.4, 0.5) is 5.69 Å². The minimum Gasteiger partial charge on any atom is -0.497 e. The molecule has 5 heteroatoms. The van der Waals surface area contributed by atoms with E-state index in [4.69, 9.17) is 4.74 Å². The number of hydrogen-bond acceptors (Lipinski definition) is 3. The molecule has 126 valence electrons. The van der Waals surface area contributed by atoms with Gasteiger partial charge in [0, 0.05) is 31.3 Å². The summed E-state index contributed by atoms with van der Waals surface area (Å²) < 4.78 is 5.07. The monoisotopic (exact) mass is 326 g/mol. The van der Waals surface area contributed by atoms with Gasteiger partial charge in [0.05, 0.1) is 7.11 Å². The van der Waals surface area contributed by atoms with Crippen LogP contribution in [0.15, 0.2) is 48.5 Å². The highest BCUT2D eigenvalue weighted by Gasteiger charge is 2.14. The SMILES string of the molecule is COc1ccc(C(=O)NCCN(C(C)=O)c2ccccc2C)cc1. The number of rotatable bonds is 6. The maximum absolute atomic E-state index is 12.1. The molecule has 0 saturated carbocycles. The first-order chi connectivity index (χ1) is 11.5. The highest BCUT2D eigenvalue weighted by molar-refractivity contribution is 5.95. The Morgan fingerprint density at radius 2 is 1.75 bits per heavy atom. The first-order valence-corrected chi connectivity index (χ1v) is 7.79. The van der Waals surface area contributed by atoms with Crippen LogP contribution in [0.5, 0.6) is 5.75 Å². The quantitative estimate of drug-likeness (QED) is 0.888. The number of nitrogens with one attached hydrogen (secondary N) is 1. The maximum atomic E-state index is 12.1. The Balaban J connectivity index is 1.96. The van der Waals surface area contributed by atoms with Crippen LogP contribution in [0.3, 0.4) is 0 Å². The summed E-state index contributed by atoms with van der Waals surface area (Å²) in [7, 11) is 1.58. The molecule has 0 radical (unpaired) electrons. The van der Waals surface area contributed by atoms with Gasteiger partial charge in [0.25, 0.3) is 5.91 Å². The largest absolute Gasteiger partial charge is 0.497 e. The van der Waals surface area contributed by atoms with Crippen LogP contribution in [0.25, 0.3) is 0 Å². The van der Waals surface area contributed by atoms with Crippen molar-refractivity contribution in [1.29, 1.82) is 0 Å². The van der Waals surface area contributed by atoms with Crippen molar-refractivity contribution in [1.82, 2.24) is 5.32 Å². The van der Waals surface area contributed by atoms with Crippen LogP contribution in [0.1, 0.15) is 22.8 Å². The number of benzene rings is 2. The lowest BCUT2D eigenvalue weighted by Crippen LogP contribution is -2.37. The summed E-state index contributed by atoms with van der Waals surface area (Å²) in [6.45, 7) is 4.28. The molecule has 5 nitrogen and oxygen atoms in total. The number of carbonyl (C=O) groups excluding carboxylic acids is 2. The number of amides is 2. The predicted molar refractivity (Wildman–Crippen MR) is 94.5 cm³/mol. The zero-order valence-corrected chi connectivity index (χ0v) is 14.2. The fourth-order valence-corrected chi connectivity index (χ4v) is 2.44. The average Bonchev–Trinajstić information content (AvgIpc) is 2.59. The summed E-state index contributed by atoms with van der Waals surface area (Å²) in [4.78, 5) is 25.7. The maximum Gasteiger partial charge on any atom is 0.251 e. The summed E-state index contributed by atoms with van der Waals surface area (Å²) in [6.07, 6.45) is 0. The van der Waals surface area contributed by atoms with E-state index >= 15 is 0 Å². The van der Waals surface area contributed by atoms with E-state index in [9.17, 15) is 9.59 Å². The molecule has 2 amide bonds. The Kier molecular flexibility index (Phi) is 5.95. The molecule has 0 aliphatic heterocycles. The Morgan fingerprint density at radius 1 is 1.08 bits per heavy atom. The zero-order valence-electron chi connectivity index (χ0n) is 14.2. The van der Waals surface area contributed by atoms with Crippen LogP contribution in [-0.2, 0) is 4.79 Å². The van der Waals surface area contributed by atoms with Gasteiger partial charge in [-0.3, -0.25) is 9.59 Å². The Bertz CT molecular complexity index is 711. The fraction of sp³-hybridized carbons (Fsp3) is 0.263. The number of methoxy groups -OCH3 is 1. The van der Waals surface area contributed by atoms with Gasteiger partial charge >= 0.3 is 0 Å². The second-order valence-electron chi connectivity index (χ2n) is 5.44. The van der Waals surface area contributed by atoms with E-state index in [1.54, 1.807) is 36.3 Å². The normalized spacial score (nSPS) is 10.1. The van der Waals surface area contributed by atoms with Gasteiger partial charge in [-0.05, 0) is 42.8 Å². The summed E-state index contributed by atoms with van der Waals surface area (Å²) in [5.74, 6) is 0.475. The minimum atomic E-state index is -0.175. The first kappa shape index (κ1) is 17.5. The second kappa shape index (κ2) is 8.15. The third kappa shape index (κ3) is 4.35. The molecule has 2 aromatic rings. The molecule has 0 spiro atoms. The fourth-order valence-electron chi connectivity index (χ4n) is 2.44. The van der Waals surface area contributed by atoms with Gasteiger partial charge in [-0.25, -0.2) is 0 Å². The van der Waals surface area contributed by atoms with Crippen LogP contribution < -0.4 is 15.0 Å². The number of anilines is 1. The molecule has 0 heterocycles. The van der Waals surface area contributed by atoms with Crippen molar-refractivity contribution < 1.29 is 14.3 Å². The van der Waals surface area contributed by atoms with E-state index in [0.29, 0.717) is 24.4 Å². The summed E-state index contributed by atoms with van der Waals surface area (Å²) in [6, 6.07) is 14.6. The number of hydrogen-bond donors (Lipinski definition) is 1. The molecule has 1 N–H and O–H groups in total. The van der Waals surface area contributed by atoms with Crippen molar-refractivity contribution in [3.05, 3.63) is 59.7 Å². The number of aryl methyl sites for hydroxylation is 1. The summed E-state index contributed by atoms with van der Waals surface area (Å²) >= 11 is 0. The van der Waals surface area contributed by atoms with E-state index < -0.39 is 0 Å². The van der Waals surface area contributed by atoms with Gasteiger partial charge in [0.15, 0.2) is 0 Å². The lowest BCUT2D eigenvalue weighted by atomic mass is 10.1. The standard InChI is InChI=1S/C19H22N2O3/c1-14-6-4-5-7-18(14)21(15(2)22)13-12-20-19(23)16-8-10-17(24-3)11-9-16/h4-11H,12-13H2,1-3H3,(H,20,23). The Labute approximate surface area is 142 Å². The van der Waals surface area contributed by atoms with Crippen LogP contribution in [-0.4, -0.2) is 32.0 Å². The van der Waals surface area contributed by atoms with E-state index in [1.165, 1.54) is 6.92 Å². The average molecular weight is 326 g/mol. The van der Waals surface area contributed by atoms with E-state index in [1.807, 2.05) is 31.2 Å². The number of nitrogens with zero attached hydrogens (tertiary/aromatic N) is 1. The van der Waals surface area contributed by atoms with Gasteiger partial charge in [0.2, 0.25) is 5.91 Å². The van der Waals surface area contributed by atoms with Gasteiger partial charge in [0.1, 0.15) is 5.75 Å². The lowest BCUT2D eigenvalue weighted by molar-refractivity contribution is -0.116. The van der Waals surface area contributed by atoms with E-state index in [2.05, 4.69) is 5.32 Å². The van der Waals surface area contributed by atoms with Crippen molar-refractivity contribution in [2.75, 3.05) is 25.1 Å². The molecule has 0 saturated heterocycles. The van der Waals surface area contributed by atoms with Gasteiger partial charge in [-0.15, -0.1) is 0 Å². The topological polar surface area (TPSA) is 58.6 Å². The van der Waals surface area contributed by atoms with E-state index in [-0.39, 0.29) is 11.8 Å². The molecule has 0 aliphatic carbocycles. The predicted octanol–water partition coefficient (Wildman–Crippen LogP) is 2.79. The number of para-hydroxylation sites is 1. The highest BCUT2D eigenvalue weighted by Crippen LogP contribution is 2.19. The Hall–Kier alpha value is -2.82. The van der Waals surface area contributed by atoms with Crippen LogP contribution in [0, 0.1) is 6.92 Å². The van der Waals surface area contributed by atoms with Crippen molar-refractivity contribution in [3.63, 3.8) is 0 Å². The van der Waals surface area contributed by atoms with Gasteiger partial charge in [-0.2, -0.15) is 0 Å². The highest BCUT2D eigenvalue weighted by atomic mass is 16.5. The van der Waals surface area contributed by atoms with E-state index in [0.717, 1.165) is 11.3 Å². The molecular formula is C19H22N2O3. The molecule has 2 rings (SSSR count). The molecular weight excluding hydrogens is 304 g/mol. The van der Waals surface area contributed by atoms with Crippen molar-refractivity contribution >= 4 is 17.5 Å². The van der Waals surface area contributed by atoms with Crippen molar-refractivity contribution in [2.45, 2.75) is 13.8 Å². The number of carbonyl (C=O) groups is 2. The third-order valence-corrected chi connectivity index (χ3v) is 3.76. The number of ether oxygens (including phenoxy) is 1. The van der Waals surface area contributed by atoms with Crippen molar-refractivity contribution in [3.8, 4) is 5.75 Å². The molecule has 0 bridgehead atoms. The Morgan fingerprint density at radius 3 is 2.33 bits per heavy atom. The van der Waals surface area contributed by atoms with Crippen LogP contribution >= 0.6 is 0 Å². The molecule has 0 atom stereocenters. The van der Waals surface area contributed by atoms with Crippen molar-refractivity contribution in [2.24, 2.45) is 0 Å². The molecule has 0 aromatic heterocycles. The minimum absolute atomic E-state index is 0.0528. The smallest absolute Gasteiger partial charge is 0.251 e. The summed E-state index contributed by atoms with van der Waals surface area (Å²) in [5, 5.41) is 2.84. The lowest BCUT2D eigenvalue weighted by Gasteiger charge is -2.23. The second-order valence-corrected chi connectivity index (χ2v) is 5.44. The first-order valence-electron chi connectivity index (χ1n) is 7.79. The molecule has 2 aromatic carbocycles. The summed E-state index contributed by atoms with van der Waals surface area (Å²) in [5.41, 5.74) is 2.44. The molecule has 24 heavy (non-hydrogen) atoms. The van der Waals surface area contributed by atoms with Crippen LogP contribution in [0.2, 0.25) is 0 Å². The van der Waals surface area contributed by atoms with Gasteiger partial charge in [-0.1, -0.05) is 18.2 Å². The molecule has 0 aliphatic rings. The van der Waals surface area contributed by atoms with Gasteiger partial charge < -0.3 is 15.0 Å². The third-order valence-electron chi connectivity index (χ3n) is 3.76. The molecule has 0 unspecified atom stereocenters. The molecule has 0 fully saturated rings.